The van der Waals surface area contributed by atoms with Crippen molar-refractivity contribution in [3.8, 4) is 0 Å². The zero-order valence-electron chi connectivity index (χ0n) is 11.5. The van der Waals surface area contributed by atoms with Gasteiger partial charge in [-0.05, 0) is 6.92 Å². The Morgan fingerprint density at radius 1 is 1.50 bits per heavy atom. The van der Waals surface area contributed by atoms with Crippen LogP contribution in [0.5, 0.6) is 0 Å². The summed E-state index contributed by atoms with van der Waals surface area (Å²) in [4.78, 5) is 13.7. The van der Waals surface area contributed by atoms with E-state index in [4.69, 9.17) is 4.74 Å². The standard InChI is InChI=1S/C12H17FN6O/c1-9(14-2)7-16-18-12-15-8-10(13)11(17-12)19-3-5-20-6-4-19/h7-8H,3-6H2,1-2H3,(H,15,17,18)/b14-9?,16-7+. The summed E-state index contributed by atoms with van der Waals surface area (Å²) in [5.41, 5.74) is 3.42. The van der Waals surface area contributed by atoms with Gasteiger partial charge in [-0.15, -0.1) is 0 Å². The molecule has 1 aromatic heterocycles. The molecule has 0 aromatic carbocycles. The molecule has 8 heteroatoms. The molecule has 0 bridgehead atoms. The van der Waals surface area contributed by atoms with Gasteiger partial charge < -0.3 is 9.64 Å². The highest BCUT2D eigenvalue weighted by molar-refractivity contribution is 6.29. The number of ether oxygens (including phenoxy) is 1. The van der Waals surface area contributed by atoms with Gasteiger partial charge in [0.2, 0.25) is 5.95 Å². The number of hydrazone groups is 1. The number of hydrogen-bond donors (Lipinski definition) is 1. The van der Waals surface area contributed by atoms with Crippen LogP contribution >= 0.6 is 0 Å². The Hall–Kier alpha value is -2.09. The van der Waals surface area contributed by atoms with Crippen molar-refractivity contribution >= 4 is 23.7 Å². The summed E-state index contributed by atoms with van der Waals surface area (Å²) < 4.78 is 19.0. The third-order valence-electron chi connectivity index (χ3n) is 2.80. The quantitative estimate of drug-likeness (QED) is 0.656. The smallest absolute Gasteiger partial charge is 0.245 e. The lowest BCUT2D eigenvalue weighted by atomic mass is 10.4. The number of aliphatic imine (C=N–C) groups is 1. The number of nitrogens with zero attached hydrogens (tertiary/aromatic N) is 5. The van der Waals surface area contributed by atoms with E-state index in [1.807, 2.05) is 11.8 Å². The number of nitrogens with one attached hydrogen (secondary N) is 1. The van der Waals surface area contributed by atoms with Crippen molar-refractivity contribution in [2.45, 2.75) is 6.92 Å². The minimum Gasteiger partial charge on any atom is -0.378 e. The number of anilines is 2. The lowest BCUT2D eigenvalue weighted by Crippen LogP contribution is -2.37. The van der Waals surface area contributed by atoms with Crippen LogP contribution in [0.15, 0.2) is 16.3 Å². The maximum atomic E-state index is 13.8. The molecule has 1 aromatic rings. The van der Waals surface area contributed by atoms with Crippen LogP contribution < -0.4 is 10.3 Å². The fourth-order valence-electron chi connectivity index (χ4n) is 1.65. The van der Waals surface area contributed by atoms with Crippen LogP contribution in [0.25, 0.3) is 0 Å². The van der Waals surface area contributed by atoms with Gasteiger partial charge in [-0.3, -0.25) is 4.99 Å². The van der Waals surface area contributed by atoms with Gasteiger partial charge in [0.15, 0.2) is 11.6 Å². The lowest BCUT2D eigenvalue weighted by molar-refractivity contribution is 0.122. The highest BCUT2D eigenvalue weighted by Gasteiger charge is 2.17. The van der Waals surface area contributed by atoms with Gasteiger partial charge in [-0.1, -0.05) is 0 Å². The van der Waals surface area contributed by atoms with Crippen molar-refractivity contribution in [2.24, 2.45) is 10.1 Å². The maximum absolute atomic E-state index is 13.8. The summed E-state index contributed by atoms with van der Waals surface area (Å²) in [5, 5.41) is 3.93. The number of halogens is 1. The zero-order valence-corrected chi connectivity index (χ0v) is 11.5. The molecule has 0 radical (unpaired) electrons. The van der Waals surface area contributed by atoms with Crippen LogP contribution in [0.1, 0.15) is 6.92 Å². The van der Waals surface area contributed by atoms with E-state index in [2.05, 4.69) is 25.5 Å². The monoisotopic (exact) mass is 280 g/mol. The van der Waals surface area contributed by atoms with E-state index in [1.54, 1.807) is 13.3 Å². The second-order valence-corrected chi connectivity index (χ2v) is 4.20. The van der Waals surface area contributed by atoms with E-state index in [9.17, 15) is 4.39 Å². The molecule has 1 fully saturated rings. The van der Waals surface area contributed by atoms with E-state index in [0.29, 0.717) is 26.3 Å². The number of hydrogen-bond acceptors (Lipinski definition) is 7. The highest BCUT2D eigenvalue weighted by atomic mass is 19.1. The average molecular weight is 280 g/mol. The van der Waals surface area contributed by atoms with E-state index in [-0.39, 0.29) is 11.8 Å². The van der Waals surface area contributed by atoms with Gasteiger partial charge in [-0.25, -0.2) is 14.8 Å². The van der Waals surface area contributed by atoms with Gasteiger partial charge in [-0.2, -0.15) is 10.1 Å². The second kappa shape index (κ2) is 6.90. The first-order valence-corrected chi connectivity index (χ1v) is 6.28. The summed E-state index contributed by atoms with van der Waals surface area (Å²) >= 11 is 0. The largest absolute Gasteiger partial charge is 0.378 e. The van der Waals surface area contributed by atoms with Crippen LogP contribution in [-0.4, -0.2) is 55.2 Å². The topological polar surface area (TPSA) is 75.0 Å². The molecule has 0 unspecified atom stereocenters. The van der Waals surface area contributed by atoms with Crippen molar-refractivity contribution in [1.82, 2.24) is 9.97 Å². The summed E-state index contributed by atoms with van der Waals surface area (Å²) in [6.45, 7) is 4.17. The molecular weight excluding hydrogens is 263 g/mol. The van der Waals surface area contributed by atoms with Gasteiger partial charge in [0.05, 0.1) is 31.3 Å². The third kappa shape index (κ3) is 3.70. The van der Waals surface area contributed by atoms with Crippen LogP contribution in [0, 0.1) is 5.82 Å². The predicted octanol–water partition coefficient (Wildman–Crippen LogP) is 0.941. The Morgan fingerprint density at radius 2 is 2.25 bits per heavy atom. The summed E-state index contributed by atoms with van der Waals surface area (Å²) in [6, 6.07) is 0. The maximum Gasteiger partial charge on any atom is 0.245 e. The van der Waals surface area contributed by atoms with E-state index in [0.717, 1.165) is 11.9 Å². The number of morpholine rings is 1. The highest BCUT2D eigenvalue weighted by Crippen LogP contribution is 2.18. The molecule has 20 heavy (non-hydrogen) atoms. The summed E-state index contributed by atoms with van der Waals surface area (Å²) in [5.74, 6) is 0.0580. The SMILES string of the molecule is CN=C(C)/C=N/Nc1ncc(F)c(N2CCOCC2)n1. The summed E-state index contributed by atoms with van der Waals surface area (Å²) in [7, 11) is 1.67. The fraction of sp³-hybridized carbons (Fsp3) is 0.500. The normalized spacial score (nSPS) is 16.8. The molecule has 2 heterocycles. The molecule has 1 saturated heterocycles. The molecule has 108 valence electrons. The van der Waals surface area contributed by atoms with Gasteiger partial charge >= 0.3 is 0 Å². The molecule has 1 aliphatic heterocycles. The zero-order chi connectivity index (χ0) is 14.4. The number of aromatic nitrogens is 2. The molecule has 0 saturated carbocycles. The molecule has 0 atom stereocenters. The Morgan fingerprint density at radius 3 is 2.95 bits per heavy atom. The predicted molar refractivity (Wildman–Crippen MR) is 76.2 cm³/mol. The van der Waals surface area contributed by atoms with Crippen LogP contribution in [0.2, 0.25) is 0 Å². The van der Waals surface area contributed by atoms with E-state index in [1.165, 1.54) is 0 Å². The van der Waals surface area contributed by atoms with Gasteiger partial charge in [0.25, 0.3) is 0 Å². The van der Waals surface area contributed by atoms with E-state index < -0.39 is 5.82 Å². The van der Waals surface area contributed by atoms with Crippen molar-refractivity contribution < 1.29 is 9.13 Å². The minimum atomic E-state index is -0.451. The molecule has 1 aliphatic rings. The molecule has 7 nitrogen and oxygen atoms in total. The van der Waals surface area contributed by atoms with E-state index >= 15 is 0 Å². The van der Waals surface area contributed by atoms with Gasteiger partial charge in [0, 0.05) is 20.1 Å². The Kier molecular flexibility index (Phi) is 4.94. The minimum absolute atomic E-state index is 0.244. The first kappa shape index (κ1) is 14.3. The van der Waals surface area contributed by atoms with Gasteiger partial charge in [0.1, 0.15) is 0 Å². The first-order valence-electron chi connectivity index (χ1n) is 6.28. The van der Waals surface area contributed by atoms with Crippen molar-refractivity contribution in [1.29, 1.82) is 0 Å². The van der Waals surface area contributed by atoms with Crippen LogP contribution in [0.4, 0.5) is 16.2 Å². The molecule has 0 amide bonds. The van der Waals surface area contributed by atoms with Crippen molar-refractivity contribution in [3.63, 3.8) is 0 Å². The van der Waals surface area contributed by atoms with Crippen LogP contribution in [-0.2, 0) is 4.74 Å². The van der Waals surface area contributed by atoms with Crippen molar-refractivity contribution in [2.75, 3.05) is 43.7 Å². The Bertz CT molecular complexity index is 513. The Balaban J connectivity index is 2.09. The average Bonchev–Trinajstić information content (AvgIpc) is 2.49. The third-order valence-corrected chi connectivity index (χ3v) is 2.80. The molecule has 1 N–H and O–H groups in total. The first-order chi connectivity index (χ1) is 9.70. The lowest BCUT2D eigenvalue weighted by Gasteiger charge is -2.27. The molecule has 0 aliphatic carbocycles. The number of rotatable bonds is 4. The van der Waals surface area contributed by atoms with Crippen molar-refractivity contribution in [3.05, 3.63) is 12.0 Å². The van der Waals surface area contributed by atoms with Crippen LogP contribution in [0.3, 0.4) is 0 Å². The Labute approximate surface area is 116 Å². The molecular formula is C12H17FN6O. The molecule has 2 rings (SSSR count). The second-order valence-electron chi connectivity index (χ2n) is 4.20. The molecule has 0 spiro atoms. The fourth-order valence-corrected chi connectivity index (χ4v) is 1.65. The summed E-state index contributed by atoms with van der Waals surface area (Å²) in [6.07, 6.45) is 2.68.